The third-order valence-corrected chi connectivity index (χ3v) is 6.18. The van der Waals surface area contributed by atoms with E-state index in [2.05, 4.69) is 4.98 Å². The molecule has 26 heavy (non-hydrogen) atoms. The van der Waals surface area contributed by atoms with Crippen LogP contribution < -0.4 is 0 Å². The van der Waals surface area contributed by atoms with Crippen molar-refractivity contribution in [3.63, 3.8) is 0 Å². The highest BCUT2D eigenvalue weighted by Crippen LogP contribution is 2.67. The summed E-state index contributed by atoms with van der Waals surface area (Å²) in [6, 6.07) is 12.3. The molecule has 0 aliphatic carbocycles. The normalized spacial score (nSPS) is 12.8. The lowest BCUT2D eigenvalue weighted by Gasteiger charge is -2.26. The molecule has 1 heterocycles. The fraction of sp³-hybridized carbons (Fsp3) is 0.316. The number of alkyl halides is 2. The molecule has 0 fully saturated rings. The molecule has 0 bridgehead atoms. The minimum atomic E-state index is -4.74. The Morgan fingerprint density at radius 1 is 1.00 bits per heavy atom. The van der Waals surface area contributed by atoms with Gasteiger partial charge in [-0.05, 0) is 38.3 Å². The minimum absolute atomic E-state index is 0.155. The molecule has 0 radical (unpaired) electrons. The molecule has 2 aromatic carbocycles. The Morgan fingerprint density at radius 3 is 2.31 bits per heavy atom. The quantitative estimate of drug-likeness (QED) is 0.389. The number of pyridine rings is 1. The SMILES string of the molecule is CCOP(=O)(OCC)C(F)(F)c1nc2ccccc2c2ccc(C)cc12. The van der Waals surface area contributed by atoms with Crippen molar-refractivity contribution in [3.05, 3.63) is 53.7 Å². The van der Waals surface area contributed by atoms with E-state index in [4.69, 9.17) is 9.05 Å². The lowest BCUT2D eigenvalue weighted by molar-refractivity contribution is 0.0340. The molecule has 4 nitrogen and oxygen atoms in total. The number of halogens is 2. The van der Waals surface area contributed by atoms with Crippen molar-refractivity contribution >= 4 is 29.3 Å². The first kappa shape index (κ1) is 18.9. The second-order valence-electron chi connectivity index (χ2n) is 5.90. The number of fused-ring (bicyclic) bond motifs is 3. The number of nitrogens with zero attached hydrogens (tertiary/aromatic N) is 1. The number of hydrogen-bond acceptors (Lipinski definition) is 4. The first-order valence-electron chi connectivity index (χ1n) is 8.40. The summed E-state index contributed by atoms with van der Waals surface area (Å²) >= 11 is 0. The van der Waals surface area contributed by atoms with E-state index in [1.54, 1.807) is 31.2 Å². The van der Waals surface area contributed by atoms with Crippen LogP contribution in [0.2, 0.25) is 0 Å². The molecule has 0 saturated heterocycles. The smallest absolute Gasteiger partial charge is 0.304 e. The van der Waals surface area contributed by atoms with Gasteiger partial charge in [0.25, 0.3) is 0 Å². The zero-order valence-electron chi connectivity index (χ0n) is 14.8. The van der Waals surface area contributed by atoms with E-state index in [-0.39, 0.29) is 18.6 Å². The zero-order chi connectivity index (χ0) is 18.9. The molecule has 1 aromatic heterocycles. The van der Waals surface area contributed by atoms with Crippen molar-refractivity contribution in [2.24, 2.45) is 0 Å². The average Bonchev–Trinajstić information content (AvgIpc) is 2.61. The van der Waals surface area contributed by atoms with Gasteiger partial charge in [0.15, 0.2) is 0 Å². The van der Waals surface area contributed by atoms with Crippen molar-refractivity contribution in [3.8, 4) is 0 Å². The predicted molar refractivity (Wildman–Crippen MR) is 98.7 cm³/mol. The van der Waals surface area contributed by atoms with Crippen LogP contribution in [0.1, 0.15) is 25.1 Å². The number of aromatic nitrogens is 1. The molecule has 138 valence electrons. The van der Waals surface area contributed by atoms with Crippen molar-refractivity contribution in [1.82, 2.24) is 4.98 Å². The number of hydrogen-bond donors (Lipinski definition) is 0. The van der Waals surface area contributed by atoms with Crippen LogP contribution in [0, 0.1) is 6.92 Å². The molecule has 3 rings (SSSR count). The molecule has 7 heteroatoms. The highest BCUT2D eigenvalue weighted by molar-refractivity contribution is 7.54. The van der Waals surface area contributed by atoms with Crippen LogP contribution in [0.4, 0.5) is 8.78 Å². The molecular weight excluding hydrogens is 359 g/mol. The monoisotopic (exact) mass is 379 g/mol. The molecular formula is C19H20F2NO3P. The Hall–Kier alpha value is -1.88. The number of para-hydroxylation sites is 1. The predicted octanol–water partition coefficient (Wildman–Crippen LogP) is 6.01. The molecule has 0 N–H and O–H groups in total. The Labute approximate surface area is 150 Å². The van der Waals surface area contributed by atoms with E-state index >= 15 is 8.78 Å². The average molecular weight is 379 g/mol. The summed E-state index contributed by atoms with van der Waals surface area (Å²) in [4.78, 5) is 4.16. The van der Waals surface area contributed by atoms with E-state index in [1.165, 1.54) is 13.8 Å². The standard InChI is InChI=1S/C19H20F2NO3P/c1-4-24-26(23,25-5-2)19(20,21)18-16-12-13(3)10-11-14(16)15-8-6-7-9-17(15)22-18/h6-12H,4-5H2,1-3H3. The van der Waals surface area contributed by atoms with E-state index < -0.39 is 19.0 Å². The van der Waals surface area contributed by atoms with E-state index in [9.17, 15) is 4.57 Å². The Kier molecular flexibility index (Phi) is 5.11. The van der Waals surface area contributed by atoms with Crippen LogP contribution in [0.3, 0.4) is 0 Å². The van der Waals surface area contributed by atoms with Gasteiger partial charge >= 0.3 is 13.3 Å². The van der Waals surface area contributed by atoms with Crippen molar-refractivity contribution in [1.29, 1.82) is 0 Å². The van der Waals surface area contributed by atoms with Gasteiger partial charge < -0.3 is 9.05 Å². The van der Waals surface area contributed by atoms with Crippen LogP contribution >= 0.6 is 7.60 Å². The van der Waals surface area contributed by atoms with E-state index in [0.29, 0.717) is 10.9 Å². The Balaban J connectivity index is 2.38. The summed E-state index contributed by atoms with van der Waals surface area (Å²) in [7, 11) is -4.74. The zero-order valence-corrected chi connectivity index (χ0v) is 15.7. The minimum Gasteiger partial charge on any atom is -0.304 e. The van der Waals surface area contributed by atoms with Crippen molar-refractivity contribution in [2.75, 3.05) is 13.2 Å². The Bertz CT molecular complexity index is 997. The summed E-state index contributed by atoms with van der Waals surface area (Å²) < 4.78 is 53.5. The van der Waals surface area contributed by atoms with Gasteiger partial charge in [0.2, 0.25) is 0 Å². The maximum atomic E-state index is 15.4. The lowest BCUT2D eigenvalue weighted by Crippen LogP contribution is -2.20. The maximum Gasteiger partial charge on any atom is 0.406 e. The summed E-state index contributed by atoms with van der Waals surface area (Å²) in [5, 5.41) is 1.62. The first-order chi connectivity index (χ1) is 12.3. The topological polar surface area (TPSA) is 48.4 Å². The van der Waals surface area contributed by atoms with Gasteiger partial charge in [0, 0.05) is 10.8 Å². The fourth-order valence-electron chi connectivity index (χ4n) is 2.97. The van der Waals surface area contributed by atoms with Crippen LogP contribution in [0.5, 0.6) is 0 Å². The van der Waals surface area contributed by atoms with Crippen LogP contribution in [0.25, 0.3) is 21.7 Å². The molecule has 0 unspecified atom stereocenters. The van der Waals surface area contributed by atoms with E-state index in [0.717, 1.165) is 10.9 Å². The van der Waals surface area contributed by atoms with Gasteiger partial charge in [-0.3, -0.25) is 4.57 Å². The molecule has 0 saturated carbocycles. The van der Waals surface area contributed by atoms with Gasteiger partial charge in [-0.15, -0.1) is 0 Å². The van der Waals surface area contributed by atoms with Gasteiger partial charge in [0.05, 0.1) is 18.7 Å². The van der Waals surface area contributed by atoms with Crippen LogP contribution in [-0.2, 0) is 19.3 Å². The highest BCUT2D eigenvalue weighted by atomic mass is 31.2. The summed E-state index contributed by atoms with van der Waals surface area (Å²) in [5.74, 6) is 0. The largest absolute Gasteiger partial charge is 0.406 e. The van der Waals surface area contributed by atoms with Crippen molar-refractivity contribution in [2.45, 2.75) is 26.4 Å². The first-order valence-corrected chi connectivity index (χ1v) is 9.95. The van der Waals surface area contributed by atoms with Gasteiger partial charge in [0.1, 0.15) is 5.69 Å². The number of benzene rings is 2. The number of rotatable bonds is 6. The second-order valence-corrected chi connectivity index (χ2v) is 7.97. The lowest BCUT2D eigenvalue weighted by atomic mass is 10.0. The third-order valence-electron chi connectivity index (χ3n) is 4.08. The summed E-state index contributed by atoms with van der Waals surface area (Å²) in [6.45, 7) is 4.49. The van der Waals surface area contributed by atoms with Gasteiger partial charge in [-0.1, -0.05) is 35.9 Å². The van der Waals surface area contributed by atoms with Crippen LogP contribution in [0.15, 0.2) is 42.5 Å². The van der Waals surface area contributed by atoms with Crippen LogP contribution in [-0.4, -0.2) is 18.2 Å². The molecule has 0 amide bonds. The highest BCUT2D eigenvalue weighted by Gasteiger charge is 2.56. The van der Waals surface area contributed by atoms with Gasteiger partial charge in [-0.2, -0.15) is 8.78 Å². The number of aryl methyl sites for hydroxylation is 1. The van der Waals surface area contributed by atoms with Crippen molar-refractivity contribution < 1.29 is 22.4 Å². The molecule has 0 aliphatic heterocycles. The Morgan fingerprint density at radius 2 is 1.65 bits per heavy atom. The molecule has 0 aliphatic rings. The molecule has 0 atom stereocenters. The second kappa shape index (κ2) is 7.03. The fourth-order valence-corrected chi connectivity index (χ4v) is 4.48. The summed E-state index contributed by atoms with van der Waals surface area (Å²) in [5.41, 5.74) is -3.26. The maximum absolute atomic E-state index is 15.4. The molecule has 3 aromatic rings. The third kappa shape index (κ3) is 3.02. The van der Waals surface area contributed by atoms with E-state index in [1.807, 2.05) is 18.2 Å². The molecule has 0 spiro atoms. The summed E-state index contributed by atoms with van der Waals surface area (Å²) in [6.07, 6.45) is 0. The van der Waals surface area contributed by atoms with Gasteiger partial charge in [-0.25, -0.2) is 4.98 Å².